The molecule has 0 rings (SSSR count). The number of hydrogen-bond acceptors (Lipinski definition) is 4. The molecule has 0 saturated carbocycles. The lowest BCUT2D eigenvalue weighted by Crippen LogP contribution is -2.40. The van der Waals surface area contributed by atoms with Gasteiger partial charge in [0.2, 0.25) is 0 Å². The van der Waals surface area contributed by atoms with Crippen LogP contribution in [0.15, 0.2) is 0 Å². The molecule has 0 aromatic rings. The molecule has 2 N–H and O–H groups in total. The van der Waals surface area contributed by atoms with Crippen molar-refractivity contribution in [3.63, 3.8) is 0 Å². The molecule has 0 aromatic carbocycles. The van der Waals surface area contributed by atoms with Gasteiger partial charge in [-0.05, 0) is 31.6 Å². The molecular weight excluding hydrogens is 228 g/mol. The van der Waals surface area contributed by atoms with Gasteiger partial charge in [0.15, 0.2) is 0 Å². The number of rotatable bonds is 12. The molecule has 0 amide bonds. The molecule has 3 unspecified atom stereocenters. The normalized spacial score (nSPS) is 16.5. The maximum Gasteiger partial charge on any atom is 0.102 e. The van der Waals surface area contributed by atoms with Gasteiger partial charge in [-0.15, -0.1) is 0 Å². The SMILES string of the molecule is CCCC(C)CONC(C)NOCCC(C)CC. The first-order valence-corrected chi connectivity index (χ1v) is 7.34. The van der Waals surface area contributed by atoms with Gasteiger partial charge in [0.05, 0.1) is 13.2 Å². The molecular formula is C14H32N2O2. The Bertz CT molecular complexity index is 179. The Hall–Kier alpha value is -0.160. The lowest BCUT2D eigenvalue weighted by atomic mass is 10.1. The molecule has 0 aromatic heterocycles. The van der Waals surface area contributed by atoms with Crippen molar-refractivity contribution in [3.8, 4) is 0 Å². The Morgan fingerprint density at radius 3 is 2.17 bits per heavy atom. The molecule has 0 aliphatic heterocycles. The van der Waals surface area contributed by atoms with Crippen LogP contribution >= 0.6 is 0 Å². The Kier molecular flexibility index (Phi) is 11.8. The summed E-state index contributed by atoms with van der Waals surface area (Å²) in [5, 5.41) is 0. The highest BCUT2D eigenvalue weighted by Gasteiger charge is 2.04. The minimum absolute atomic E-state index is 0.00996. The topological polar surface area (TPSA) is 42.5 Å². The Balaban J connectivity index is 3.34. The molecule has 0 radical (unpaired) electrons. The van der Waals surface area contributed by atoms with Crippen molar-refractivity contribution in [2.75, 3.05) is 13.2 Å². The number of hydroxylamine groups is 2. The van der Waals surface area contributed by atoms with Gasteiger partial charge in [-0.25, -0.2) is 0 Å². The second kappa shape index (κ2) is 11.9. The van der Waals surface area contributed by atoms with Crippen molar-refractivity contribution < 1.29 is 9.68 Å². The fourth-order valence-electron chi connectivity index (χ4n) is 1.56. The fourth-order valence-corrected chi connectivity index (χ4v) is 1.56. The van der Waals surface area contributed by atoms with Crippen LogP contribution in [0.2, 0.25) is 0 Å². The summed E-state index contributed by atoms with van der Waals surface area (Å²) in [6, 6.07) is 0. The zero-order valence-electron chi connectivity index (χ0n) is 12.8. The van der Waals surface area contributed by atoms with Crippen LogP contribution in [0.1, 0.15) is 60.3 Å². The molecule has 4 heteroatoms. The molecule has 0 aliphatic carbocycles. The highest BCUT2D eigenvalue weighted by atomic mass is 16.7. The van der Waals surface area contributed by atoms with Gasteiger partial charge < -0.3 is 4.84 Å². The molecule has 0 heterocycles. The first-order chi connectivity index (χ1) is 8.60. The zero-order chi connectivity index (χ0) is 13.8. The maximum absolute atomic E-state index is 5.42. The van der Waals surface area contributed by atoms with Crippen molar-refractivity contribution in [3.05, 3.63) is 0 Å². The summed E-state index contributed by atoms with van der Waals surface area (Å²) >= 11 is 0. The Morgan fingerprint density at radius 2 is 1.56 bits per heavy atom. The Morgan fingerprint density at radius 1 is 0.889 bits per heavy atom. The first-order valence-electron chi connectivity index (χ1n) is 7.34. The van der Waals surface area contributed by atoms with E-state index in [4.69, 9.17) is 9.68 Å². The number of nitrogens with one attached hydrogen (secondary N) is 2. The molecule has 4 nitrogen and oxygen atoms in total. The van der Waals surface area contributed by atoms with Crippen molar-refractivity contribution >= 4 is 0 Å². The van der Waals surface area contributed by atoms with Crippen LogP contribution in [0.4, 0.5) is 0 Å². The van der Waals surface area contributed by atoms with Gasteiger partial charge in [0.25, 0.3) is 0 Å². The van der Waals surface area contributed by atoms with Gasteiger partial charge in [-0.2, -0.15) is 11.0 Å². The standard InChI is InChI=1S/C14H32N2O2/c1-6-8-13(4)11-18-16-14(5)15-17-10-9-12(3)7-2/h12-16H,6-11H2,1-5H3. The second-order valence-corrected chi connectivity index (χ2v) is 5.31. The Labute approximate surface area is 113 Å². The van der Waals surface area contributed by atoms with Crippen LogP contribution in [-0.4, -0.2) is 19.4 Å². The highest BCUT2D eigenvalue weighted by molar-refractivity contribution is 4.50. The average Bonchev–Trinajstić information content (AvgIpc) is 2.34. The molecule has 110 valence electrons. The third-order valence-electron chi connectivity index (χ3n) is 3.08. The zero-order valence-corrected chi connectivity index (χ0v) is 12.8. The van der Waals surface area contributed by atoms with Crippen molar-refractivity contribution in [2.45, 2.75) is 66.5 Å². The summed E-state index contributed by atoms with van der Waals surface area (Å²) < 4.78 is 0. The van der Waals surface area contributed by atoms with Crippen LogP contribution in [0, 0.1) is 11.8 Å². The quantitative estimate of drug-likeness (QED) is 0.321. The lowest BCUT2D eigenvalue weighted by Gasteiger charge is -2.17. The van der Waals surface area contributed by atoms with E-state index in [0.29, 0.717) is 5.92 Å². The third-order valence-corrected chi connectivity index (χ3v) is 3.08. The molecule has 0 fully saturated rings. The smallest absolute Gasteiger partial charge is 0.102 e. The minimum Gasteiger partial charge on any atom is -0.300 e. The summed E-state index contributed by atoms with van der Waals surface area (Å²) in [6.07, 6.45) is 4.71. The maximum atomic E-state index is 5.42. The lowest BCUT2D eigenvalue weighted by molar-refractivity contribution is -0.0664. The molecule has 0 spiro atoms. The van der Waals surface area contributed by atoms with Gasteiger partial charge in [-0.3, -0.25) is 4.84 Å². The van der Waals surface area contributed by atoms with Crippen LogP contribution in [0.5, 0.6) is 0 Å². The molecule has 0 saturated heterocycles. The van der Waals surface area contributed by atoms with E-state index in [0.717, 1.165) is 25.6 Å². The van der Waals surface area contributed by atoms with Gasteiger partial charge >= 0.3 is 0 Å². The van der Waals surface area contributed by atoms with Gasteiger partial charge in [0, 0.05) is 0 Å². The van der Waals surface area contributed by atoms with Crippen LogP contribution in [-0.2, 0) is 9.68 Å². The summed E-state index contributed by atoms with van der Waals surface area (Å²) in [5.74, 6) is 1.32. The largest absolute Gasteiger partial charge is 0.300 e. The second-order valence-electron chi connectivity index (χ2n) is 5.31. The molecule has 18 heavy (non-hydrogen) atoms. The minimum atomic E-state index is 0.00996. The third kappa shape index (κ3) is 11.0. The van der Waals surface area contributed by atoms with E-state index in [9.17, 15) is 0 Å². The summed E-state index contributed by atoms with van der Waals surface area (Å²) in [5.41, 5.74) is 5.87. The predicted molar refractivity (Wildman–Crippen MR) is 75.8 cm³/mol. The van der Waals surface area contributed by atoms with E-state index in [1.165, 1.54) is 19.3 Å². The summed E-state index contributed by atoms with van der Waals surface area (Å²) in [4.78, 5) is 10.8. The number of hydrogen-bond donors (Lipinski definition) is 2. The highest BCUT2D eigenvalue weighted by Crippen LogP contribution is 2.05. The van der Waals surface area contributed by atoms with Crippen molar-refractivity contribution in [1.82, 2.24) is 11.0 Å². The summed E-state index contributed by atoms with van der Waals surface area (Å²) in [6.45, 7) is 12.3. The van der Waals surface area contributed by atoms with Crippen LogP contribution in [0.3, 0.4) is 0 Å². The van der Waals surface area contributed by atoms with Gasteiger partial charge in [-0.1, -0.05) is 40.5 Å². The molecule has 3 atom stereocenters. The fraction of sp³-hybridized carbons (Fsp3) is 1.00. The van der Waals surface area contributed by atoms with Crippen LogP contribution < -0.4 is 11.0 Å². The van der Waals surface area contributed by atoms with E-state index < -0.39 is 0 Å². The van der Waals surface area contributed by atoms with E-state index in [2.05, 4.69) is 38.7 Å². The average molecular weight is 260 g/mol. The van der Waals surface area contributed by atoms with E-state index in [-0.39, 0.29) is 6.17 Å². The first kappa shape index (κ1) is 17.8. The van der Waals surface area contributed by atoms with E-state index in [1.54, 1.807) is 0 Å². The molecule has 0 bridgehead atoms. The van der Waals surface area contributed by atoms with Crippen molar-refractivity contribution in [1.29, 1.82) is 0 Å². The van der Waals surface area contributed by atoms with Gasteiger partial charge in [0.1, 0.15) is 6.17 Å². The van der Waals surface area contributed by atoms with Crippen LogP contribution in [0.25, 0.3) is 0 Å². The van der Waals surface area contributed by atoms with E-state index >= 15 is 0 Å². The summed E-state index contributed by atoms with van der Waals surface area (Å²) in [7, 11) is 0. The van der Waals surface area contributed by atoms with E-state index in [1.807, 2.05) is 6.92 Å². The molecule has 0 aliphatic rings. The monoisotopic (exact) mass is 260 g/mol. The predicted octanol–water partition coefficient (Wildman–Crippen LogP) is 3.25. The van der Waals surface area contributed by atoms with Crippen molar-refractivity contribution in [2.24, 2.45) is 11.8 Å².